The highest BCUT2D eigenvalue weighted by Gasteiger charge is 2.53. The van der Waals surface area contributed by atoms with Gasteiger partial charge < -0.3 is 15.0 Å². The maximum Gasteiger partial charge on any atom is 0.247 e. The molecule has 1 aromatic heterocycles. The van der Waals surface area contributed by atoms with Gasteiger partial charge in [-0.05, 0) is 25.0 Å². The largest absolute Gasteiger partial charge is 0.374 e. The number of hydrogen-bond donors (Lipinski definition) is 2. The summed E-state index contributed by atoms with van der Waals surface area (Å²) in [4.78, 5) is 7.61. The number of hydrogen-bond acceptors (Lipinski definition) is 5. The quantitative estimate of drug-likeness (QED) is 0.371. The number of nitrogens with two attached hydrogens (primary N) is 1. The molecular weight excluding hydrogens is 475 g/mol. The van der Waals surface area contributed by atoms with Gasteiger partial charge in [-0.15, -0.1) is 35.3 Å². The van der Waals surface area contributed by atoms with Crippen molar-refractivity contribution in [2.24, 2.45) is 22.0 Å². The van der Waals surface area contributed by atoms with E-state index in [-0.39, 0.29) is 28.2 Å². The average Bonchev–Trinajstić information content (AvgIpc) is 3.28. The predicted octanol–water partition coefficient (Wildman–Crippen LogP) is 1.20. The van der Waals surface area contributed by atoms with Gasteiger partial charge in [0, 0.05) is 36.9 Å². The number of primary sulfonamides is 1. The van der Waals surface area contributed by atoms with Crippen LogP contribution in [0.1, 0.15) is 17.7 Å². The highest BCUT2D eigenvalue weighted by Crippen LogP contribution is 2.47. The molecule has 0 aromatic carbocycles. The zero-order chi connectivity index (χ0) is 16.9. The highest BCUT2D eigenvalue weighted by atomic mass is 127. The number of fused-ring (bicyclic) bond motifs is 5. The molecule has 0 amide bonds. The molecule has 2 bridgehead atoms. The predicted molar refractivity (Wildman–Crippen MR) is 108 cm³/mol. The zero-order valence-electron chi connectivity index (χ0n) is 13.9. The molecule has 4 unspecified atom stereocenters. The third-order valence-electron chi connectivity index (χ3n) is 5.30. The van der Waals surface area contributed by atoms with Gasteiger partial charge >= 0.3 is 0 Å². The minimum atomic E-state index is -3.62. The Morgan fingerprint density at radius 1 is 1.36 bits per heavy atom. The van der Waals surface area contributed by atoms with Crippen LogP contribution >= 0.6 is 35.3 Å². The van der Waals surface area contributed by atoms with Crippen LogP contribution in [0.3, 0.4) is 0 Å². The van der Waals surface area contributed by atoms with E-state index in [0.29, 0.717) is 30.6 Å². The lowest BCUT2D eigenvalue weighted by Crippen LogP contribution is -2.40. The summed E-state index contributed by atoms with van der Waals surface area (Å²) in [6.07, 6.45) is 3.24. The Bertz CT molecular complexity index is 749. The molecule has 3 fully saturated rings. The van der Waals surface area contributed by atoms with E-state index in [1.165, 1.54) is 24.2 Å². The number of nitrogens with zero attached hydrogens (tertiary/aromatic N) is 2. The van der Waals surface area contributed by atoms with Crippen LogP contribution in [-0.2, 0) is 21.3 Å². The maximum atomic E-state index is 11.4. The second-order valence-electron chi connectivity index (χ2n) is 6.69. The number of ether oxygens (including phenoxy) is 1. The van der Waals surface area contributed by atoms with E-state index in [0.717, 1.165) is 23.9 Å². The van der Waals surface area contributed by atoms with Gasteiger partial charge in [0.1, 0.15) is 4.21 Å². The molecule has 4 atom stereocenters. The van der Waals surface area contributed by atoms with Gasteiger partial charge in [0.05, 0.1) is 18.8 Å². The number of guanidine groups is 1. The standard InChI is InChI=1S/C15H22N4O3S2.HI/c1-17-15(18-6-9-2-5-14(23-9)24(16,20)21)19-7-10-11(8-19)13-4-3-12(10)22-13;/h2,5,10-13H,3-4,6-8H2,1H3,(H,17,18)(H2,16,20,21);1H. The van der Waals surface area contributed by atoms with Gasteiger partial charge in [-0.25, -0.2) is 13.6 Å². The van der Waals surface area contributed by atoms with Crippen LogP contribution in [0, 0.1) is 11.8 Å². The van der Waals surface area contributed by atoms with Crippen LogP contribution in [0.4, 0.5) is 0 Å². The Labute approximate surface area is 169 Å². The number of sulfonamides is 1. The third-order valence-corrected chi connectivity index (χ3v) is 7.83. The number of aliphatic imine (C=N–C) groups is 1. The van der Waals surface area contributed by atoms with E-state index in [1.54, 1.807) is 19.2 Å². The lowest BCUT2D eigenvalue weighted by molar-refractivity contribution is 0.0767. The van der Waals surface area contributed by atoms with Gasteiger partial charge in [-0.1, -0.05) is 0 Å². The molecule has 0 saturated carbocycles. The van der Waals surface area contributed by atoms with E-state index in [4.69, 9.17) is 9.88 Å². The van der Waals surface area contributed by atoms with Crippen molar-refractivity contribution in [1.82, 2.24) is 10.2 Å². The molecule has 3 aliphatic rings. The minimum absolute atomic E-state index is 0. The molecule has 0 aliphatic carbocycles. The Hall–Kier alpha value is -0.430. The number of rotatable bonds is 3. The molecule has 3 N–H and O–H groups in total. The van der Waals surface area contributed by atoms with Crippen molar-refractivity contribution in [3.8, 4) is 0 Å². The second-order valence-corrected chi connectivity index (χ2v) is 9.65. The average molecular weight is 498 g/mol. The van der Waals surface area contributed by atoms with Crippen molar-refractivity contribution in [2.45, 2.75) is 35.8 Å². The third kappa shape index (κ3) is 3.68. The second kappa shape index (κ2) is 7.29. The van der Waals surface area contributed by atoms with E-state index in [2.05, 4.69) is 15.2 Å². The Balaban J connectivity index is 0.00000182. The van der Waals surface area contributed by atoms with Crippen molar-refractivity contribution < 1.29 is 13.2 Å². The zero-order valence-corrected chi connectivity index (χ0v) is 17.9. The topological polar surface area (TPSA) is 97.0 Å². The fourth-order valence-corrected chi connectivity index (χ4v) is 5.96. The molecule has 1 aromatic rings. The first kappa shape index (κ1) is 19.3. The molecule has 0 spiro atoms. The van der Waals surface area contributed by atoms with Crippen LogP contribution in [0.5, 0.6) is 0 Å². The van der Waals surface area contributed by atoms with Gasteiger partial charge in [0.15, 0.2) is 5.96 Å². The monoisotopic (exact) mass is 498 g/mol. The SMILES string of the molecule is CN=C(NCc1ccc(S(N)(=O)=O)s1)N1CC2C3CCC(O3)C2C1.I. The molecule has 3 aliphatic heterocycles. The number of thiophene rings is 1. The van der Waals surface area contributed by atoms with Crippen molar-refractivity contribution in [1.29, 1.82) is 0 Å². The molecule has 4 rings (SSSR count). The first-order valence-electron chi connectivity index (χ1n) is 8.18. The minimum Gasteiger partial charge on any atom is -0.374 e. The van der Waals surface area contributed by atoms with Gasteiger partial charge in [-0.2, -0.15) is 0 Å². The van der Waals surface area contributed by atoms with Crippen molar-refractivity contribution in [2.75, 3.05) is 20.1 Å². The van der Waals surface area contributed by atoms with Crippen LogP contribution < -0.4 is 10.5 Å². The number of halogens is 1. The first-order chi connectivity index (χ1) is 11.5. The maximum absolute atomic E-state index is 11.4. The highest BCUT2D eigenvalue weighted by molar-refractivity contribution is 14.0. The summed E-state index contributed by atoms with van der Waals surface area (Å²) in [5.41, 5.74) is 0. The van der Waals surface area contributed by atoms with Gasteiger partial charge in [-0.3, -0.25) is 4.99 Å². The molecule has 10 heteroatoms. The fraction of sp³-hybridized carbons (Fsp3) is 0.667. The molecule has 140 valence electrons. The van der Waals surface area contributed by atoms with Crippen LogP contribution in [0.25, 0.3) is 0 Å². The van der Waals surface area contributed by atoms with Crippen molar-refractivity contribution in [3.05, 3.63) is 17.0 Å². The van der Waals surface area contributed by atoms with E-state index >= 15 is 0 Å². The van der Waals surface area contributed by atoms with E-state index in [9.17, 15) is 8.42 Å². The smallest absolute Gasteiger partial charge is 0.247 e. The van der Waals surface area contributed by atoms with Crippen molar-refractivity contribution in [3.63, 3.8) is 0 Å². The molecule has 7 nitrogen and oxygen atoms in total. The Morgan fingerprint density at radius 2 is 2.00 bits per heavy atom. The van der Waals surface area contributed by atoms with Gasteiger partial charge in [0.2, 0.25) is 10.0 Å². The lowest BCUT2D eigenvalue weighted by atomic mass is 9.82. The lowest BCUT2D eigenvalue weighted by Gasteiger charge is -2.23. The normalized spacial score (nSPS) is 31.1. The number of nitrogens with one attached hydrogen (secondary N) is 1. The summed E-state index contributed by atoms with van der Waals surface area (Å²) < 4.78 is 28.9. The summed E-state index contributed by atoms with van der Waals surface area (Å²) in [5.74, 6) is 2.12. The van der Waals surface area contributed by atoms with Gasteiger partial charge in [0.25, 0.3) is 0 Å². The molecule has 25 heavy (non-hydrogen) atoms. The van der Waals surface area contributed by atoms with E-state index < -0.39 is 10.0 Å². The van der Waals surface area contributed by atoms with Crippen LogP contribution in [0.2, 0.25) is 0 Å². The van der Waals surface area contributed by atoms with Crippen LogP contribution in [-0.4, -0.2) is 51.6 Å². The van der Waals surface area contributed by atoms with Crippen LogP contribution in [0.15, 0.2) is 21.3 Å². The summed E-state index contributed by atoms with van der Waals surface area (Å²) in [6.45, 7) is 2.51. The van der Waals surface area contributed by atoms with Crippen molar-refractivity contribution >= 4 is 51.3 Å². The Kier molecular flexibility index (Phi) is 5.64. The molecule has 4 heterocycles. The first-order valence-corrected chi connectivity index (χ1v) is 10.5. The summed E-state index contributed by atoms with van der Waals surface area (Å²) in [7, 11) is -1.84. The molecule has 3 saturated heterocycles. The summed E-state index contributed by atoms with van der Waals surface area (Å²) in [6, 6.07) is 3.34. The summed E-state index contributed by atoms with van der Waals surface area (Å²) >= 11 is 1.19. The molecule has 0 radical (unpaired) electrons. The fourth-order valence-electron chi connectivity index (χ4n) is 4.24. The number of likely N-dealkylation sites (tertiary alicyclic amines) is 1. The van der Waals surface area contributed by atoms with E-state index in [1.807, 2.05) is 0 Å². The summed E-state index contributed by atoms with van der Waals surface area (Å²) in [5, 5.41) is 8.50. The Morgan fingerprint density at radius 3 is 2.52 bits per heavy atom. The molecular formula is C15H23IN4O3S2.